The van der Waals surface area contributed by atoms with Crippen LogP contribution in [0.1, 0.15) is 24.1 Å². The molecule has 1 fully saturated rings. The summed E-state index contributed by atoms with van der Waals surface area (Å²) in [5.41, 5.74) is 2.28. The van der Waals surface area contributed by atoms with Gasteiger partial charge in [0, 0.05) is 18.4 Å². The van der Waals surface area contributed by atoms with E-state index in [2.05, 4.69) is 16.4 Å². The molecule has 1 aromatic heterocycles. The van der Waals surface area contributed by atoms with E-state index in [-0.39, 0.29) is 6.10 Å². The average Bonchev–Trinajstić information content (AvgIpc) is 2.18. The zero-order chi connectivity index (χ0) is 10.7. The number of aromatic nitrogens is 1. The van der Waals surface area contributed by atoms with Crippen molar-refractivity contribution in [3.8, 4) is 0 Å². The van der Waals surface area contributed by atoms with Gasteiger partial charge in [0.15, 0.2) is 0 Å². The summed E-state index contributed by atoms with van der Waals surface area (Å²) in [7, 11) is 0. The fourth-order valence-electron chi connectivity index (χ4n) is 1.89. The summed E-state index contributed by atoms with van der Waals surface area (Å²) >= 11 is 0. The largest absolute Gasteiger partial charge is 0.393 e. The molecule has 0 amide bonds. The summed E-state index contributed by atoms with van der Waals surface area (Å²) in [6.07, 6.45) is 3.79. The van der Waals surface area contributed by atoms with Crippen LogP contribution >= 0.6 is 0 Å². The van der Waals surface area contributed by atoms with Gasteiger partial charge in [-0.2, -0.15) is 0 Å². The Hall–Kier alpha value is -0.930. The first kappa shape index (κ1) is 10.6. The van der Waals surface area contributed by atoms with Crippen LogP contribution in [-0.4, -0.2) is 22.7 Å². The predicted octanol–water partition coefficient (Wildman–Crippen LogP) is 1.25. The van der Waals surface area contributed by atoms with Crippen LogP contribution in [0.15, 0.2) is 18.3 Å². The Morgan fingerprint density at radius 2 is 2.27 bits per heavy atom. The monoisotopic (exact) mass is 206 g/mol. The van der Waals surface area contributed by atoms with Crippen LogP contribution in [0.2, 0.25) is 0 Å². The van der Waals surface area contributed by atoms with Crippen molar-refractivity contribution < 1.29 is 5.11 Å². The van der Waals surface area contributed by atoms with Gasteiger partial charge in [-0.1, -0.05) is 6.07 Å². The van der Waals surface area contributed by atoms with E-state index in [1.54, 1.807) is 0 Å². The molecule has 1 saturated carbocycles. The molecule has 82 valence electrons. The molecule has 0 bridgehead atoms. The first-order valence-electron chi connectivity index (χ1n) is 5.54. The van der Waals surface area contributed by atoms with Gasteiger partial charge >= 0.3 is 0 Å². The minimum absolute atomic E-state index is 0.0437. The number of aryl methyl sites for hydroxylation is 1. The van der Waals surface area contributed by atoms with Crippen molar-refractivity contribution in [2.75, 3.05) is 6.54 Å². The molecule has 0 radical (unpaired) electrons. The Bertz CT molecular complexity index is 304. The molecular weight excluding hydrogens is 188 g/mol. The second kappa shape index (κ2) is 4.73. The first-order chi connectivity index (χ1) is 7.24. The van der Waals surface area contributed by atoms with Crippen molar-refractivity contribution in [3.63, 3.8) is 0 Å². The summed E-state index contributed by atoms with van der Waals surface area (Å²) in [5, 5.41) is 12.5. The zero-order valence-electron chi connectivity index (χ0n) is 9.11. The maximum atomic E-state index is 9.13. The van der Waals surface area contributed by atoms with Crippen LogP contribution in [-0.2, 0) is 6.54 Å². The van der Waals surface area contributed by atoms with E-state index in [0.29, 0.717) is 5.92 Å². The number of aliphatic hydroxyl groups is 1. The molecule has 0 spiro atoms. The quantitative estimate of drug-likeness (QED) is 0.779. The van der Waals surface area contributed by atoms with Crippen molar-refractivity contribution in [3.05, 3.63) is 29.6 Å². The third kappa shape index (κ3) is 3.01. The molecule has 0 aliphatic heterocycles. The number of rotatable bonds is 4. The molecule has 1 aliphatic carbocycles. The smallest absolute Gasteiger partial charge is 0.0546 e. The van der Waals surface area contributed by atoms with Gasteiger partial charge in [-0.25, -0.2) is 0 Å². The van der Waals surface area contributed by atoms with E-state index in [9.17, 15) is 0 Å². The van der Waals surface area contributed by atoms with E-state index in [1.807, 2.05) is 19.2 Å². The molecule has 1 aromatic rings. The van der Waals surface area contributed by atoms with Crippen molar-refractivity contribution in [2.45, 2.75) is 32.4 Å². The van der Waals surface area contributed by atoms with Gasteiger partial charge in [-0.3, -0.25) is 4.98 Å². The van der Waals surface area contributed by atoms with Crippen LogP contribution in [0.5, 0.6) is 0 Å². The van der Waals surface area contributed by atoms with Crippen molar-refractivity contribution in [1.82, 2.24) is 10.3 Å². The standard InChI is InChI=1S/C12H18N2O/c1-9-2-3-10(8-14-9)6-13-7-11-4-12(15)5-11/h2-3,8,11-13,15H,4-7H2,1H3. The molecule has 1 aliphatic rings. The fraction of sp³-hybridized carbons (Fsp3) is 0.583. The van der Waals surface area contributed by atoms with Gasteiger partial charge in [0.25, 0.3) is 0 Å². The second-order valence-electron chi connectivity index (χ2n) is 4.43. The molecule has 15 heavy (non-hydrogen) atoms. The van der Waals surface area contributed by atoms with Gasteiger partial charge in [-0.05, 0) is 43.9 Å². The maximum Gasteiger partial charge on any atom is 0.0546 e. The SMILES string of the molecule is Cc1ccc(CNCC2CC(O)C2)cn1. The van der Waals surface area contributed by atoms with E-state index < -0.39 is 0 Å². The lowest BCUT2D eigenvalue weighted by atomic mass is 9.82. The van der Waals surface area contributed by atoms with Crippen molar-refractivity contribution >= 4 is 0 Å². The van der Waals surface area contributed by atoms with Crippen molar-refractivity contribution in [1.29, 1.82) is 0 Å². The molecular formula is C12H18N2O. The fourth-order valence-corrected chi connectivity index (χ4v) is 1.89. The number of hydrogen-bond acceptors (Lipinski definition) is 3. The topological polar surface area (TPSA) is 45.1 Å². The summed E-state index contributed by atoms with van der Waals surface area (Å²) < 4.78 is 0. The van der Waals surface area contributed by atoms with Gasteiger partial charge < -0.3 is 10.4 Å². The highest BCUT2D eigenvalue weighted by atomic mass is 16.3. The number of pyridine rings is 1. The molecule has 2 rings (SSSR count). The molecule has 0 aromatic carbocycles. The molecule has 2 N–H and O–H groups in total. The minimum atomic E-state index is -0.0437. The lowest BCUT2D eigenvalue weighted by Crippen LogP contribution is -2.35. The Morgan fingerprint density at radius 1 is 1.47 bits per heavy atom. The van der Waals surface area contributed by atoms with Crippen LogP contribution in [0, 0.1) is 12.8 Å². The number of nitrogens with one attached hydrogen (secondary N) is 1. The molecule has 0 saturated heterocycles. The molecule has 0 unspecified atom stereocenters. The normalized spacial score (nSPS) is 24.9. The third-order valence-corrected chi connectivity index (χ3v) is 2.95. The summed E-state index contributed by atoms with van der Waals surface area (Å²) in [4.78, 5) is 4.24. The first-order valence-corrected chi connectivity index (χ1v) is 5.54. The van der Waals surface area contributed by atoms with Crippen molar-refractivity contribution in [2.24, 2.45) is 5.92 Å². The van der Waals surface area contributed by atoms with E-state index in [0.717, 1.165) is 31.6 Å². The lowest BCUT2D eigenvalue weighted by molar-refractivity contribution is 0.0430. The zero-order valence-corrected chi connectivity index (χ0v) is 9.11. The van der Waals surface area contributed by atoms with E-state index in [1.165, 1.54) is 5.56 Å². The summed E-state index contributed by atoms with van der Waals surface area (Å²) in [6.45, 7) is 3.87. The Labute approximate surface area is 90.5 Å². The number of hydrogen-bond donors (Lipinski definition) is 2. The van der Waals surface area contributed by atoms with Crippen LogP contribution in [0.3, 0.4) is 0 Å². The van der Waals surface area contributed by atoms with Crippen LogP contribution < -0.4 is 5.32 Å². The van der Waals surface area contributed by atoms with E-state index in [4.69, 9.17) is 5.11 Å². The Balaban J connectivity index is 1.67. The maximum absolute atomic E-state index is 9.13. The highest BCUT2D eigenvalue weighted by Gasteiger charge is 2.26. The minimum Gasteiger partial charge on any atom is -0.393 e. The lowest BCUT2D eigenvalue weighted by Gasteiger charge is -2.31. The molecule has 3 nitrogen and oxygen atoms in total. The van der Waals surface area contributed by atoms with Crippen LogP contribution in [0.25, 0.3) is 0 Å². The molecule has 3 heteroatoms. The van der Waals surface area contributed by atoms with E-state index >= 15 is 0 Å². The second-order valence-corrected chi connectivity index (χ2v) is 4.43. The Morgan fingerprint density at radius 3 is 2.87 bits per heavy atom. The summed E-state index contributed by atoms with van der Waals surface area (Å²) in [6, 6.07) is 4.13. The highest BCUT2D eigenvalue weighted by molar-refractivity contribution is 5.12. The summed E-state index contributed by atoms with van der Waals surface area (Å²) in [5.74, 6) is 0.665. The number of nitrogens with zero attached hydrogens (tertiary/aromatic N) is 1. The highest BCUT2D eigenvalue weighted by Crippen LogP contribution is 2.26. The third-order valence-electron chi connectivity index (χ3n) is 2.95. The van der Waals surface area contributed by atoms with Gasteiger partial charge in [-0.15, -0.1) is 0 Å². The average molecular weight is 206 g/mol. The van der Waals surface area contributed by atoms with Gasteiger partial charge in [0.05, 0.1) is 6.10 Å². The molecule has 0 atom stereocenters. The van der Waals surface area contributed by atoms with Gasteiger partial charge in [0.1, 0.15) is 0 Å². The number of aliphatic hydroxyl groups excluding tert-OH is 1. The van der Waals surface area contributed by atoms with Crippen LogP contribution in [0.4, 0.5) is 0 Å². The molecule has 1 heterocycles. The predicted molar refractivity (Wildman–Crippen MR) is 59.4 cm³/mol. The van der Waals surface area contributed by atoms with Gasteiger partial charge in [0.2, 0.25) is 0 Å². The Kier molecular flexibility index (Phi) is 3.34.